The fraction of sp³-hybridized carbons (Fsp3) is 0.500. The lowest BCUT2D eigenvalue weighted by molar-refractivity contribution is 0.0988. The number of nitrogens with one attached hydrogen (secondary N) is 1. The zero-order valence-corrected chi connectivity index (χ0v) is 11.9. The molecule has 1 N–H and O–H groups in total. The summed E-state index contributed by atoms with van der Waals surface area (Å²) in [5.41, 5.74) is 1.27. The first kappa shape index (κ1) is 15.7. The molecule has 1 aromatic carbocycles. The van der Waals surface area contributed by atoms with Gasteiger partial charge in [0.15, 0.2) is 0 Å². The Hall–Kier alpha value is -1.32. The van der Waals surface area contributed by atoms with Gasteiger partial charge in [0.25, 0.3) is 0 Å². The Bertz CT molecular complexity index is 335. The van der Waals surface area contributed by atoms with Crippen LogP contribution in [0.1, 0.15) is 25.3 Å². The average molecular weight is 263 g/mol. The van der Waals surface area contributed by atoms with Gasteiger partial charge in [-0.25, -0.2) is 0 Å². The summed E-state index contributed by atoms with van der Waals surface area (Å²) in [5, 5.41) is 3.29. The molecule has 0 unspecified atom stereocenters. The van der Waals surface area contributed by atoms with E-state index in [4.69, 9.17) is 9.47 Å². The molecular formula is C16H25NO2. The number of allylic oxidation sites excluding steroid dienone is 1. The van der Waals surface area contributed by atoms with Crippen molar-refractivity contribution in [2.24, 2.45) is 0 Å². The SMILES string of the molecule is C=CCCCOCCOc1ccc(CNCC)cc1. The van der Waals surface area contributed by atoms with E-state index in [0.29, 0.717) is 13.2 Å². The molecule has 0 aliphatic rings. The first-order valence-electron chi connectivity index (χ1n) is 6.98. The number of benzene rings is 1. The van der Waals surface area contributed by atoms with Gasteiger partial charge in [-0.05, 0) is 37.1 Å². The van der Waals surface area contributed by atoms with E-state index in [9.17, 15) is 0 Å². The number of rotatable bonds is 11. The summed E-state index contributed by atoms with van der Waals surface area (Å²) >= 11 is 0. The first-order chi connectivity index (χ1) is 9.36. The highest BCUT2D eigenvalue weighted by Gasteiger charge is 1.95. The van der Waals surface area contributed by atoms with Crippen LogP contribution in [0.15, 0.2) is 36.9 Å². The van der Waals surface area contributed by atoms with Crippen LogP contribution in [-0.4, -0.2) is 26.4 Å². The highest BCUT2D eigenvalue weighted by molar-refractivity contribution is 5.27. The third-order valence-corrected chi connectivity index (χ3v) is 2.70. The van der Waals surface area contributed by atoms with E-state index in [0.717, 1.165) is 38.3 Å². The van der Waals surface area contributed by atoms with E-state index in [1.807, 2.05) is 18.2 Å². The van der Waals surface area contributed by atoms with Gasteiger partial charge < -0.3 is 14.8 Å². The van der Waals surface area contributed by atoms with Crippen LogP contribution in [0.3, 0.4) is 0 Å². The summed E-state index contributed by atoms with van der Waals surface area (Å²) in [4.78, 5) is 0. The number of hydrogen-bond acceptors (Lipinski definition) is 3. The Morgan fingerprint density at radius 2 is 1.95 bits per heavy atom. The standard InChI is InChI=1S/C16H25NO2/c1-3-5-6-11-18-12-13-19-16-9-7-15(8-10-16)14-17-4-2/h3,7-10,17H,1,4-6,11-14H2,2H3. The minimum absolute atomic E-state index is 0.598. The quantitative estimate of drug-likeness (QED) is 0.491. The molecule has 0 amide bonds. The smallest absolute Gasteiger partial charge is 0.119 e. The van der Waals surface area contributed by atoms with E-state index >= 15 is 0 Å². The lowest BCUT2D eigenvalue weighted by atomic mass is 10.2. The zero-order chi connectivity index (χ0) is 13.8. The Morgan fingerprint density at radius 3 is 2.63 bits per heavy atom. The van der Waals surface area contributed by atoms with Crippen molar-refractivity contribution in [2.75, 3.05) is 26.4 Å². The van der Waals surface area contributed by atoms with Crippen LogP contribution in [0.4, 0.5) is 0 Å². The second kappa shape index (κ2) is 10.6. The molecule has 0 heterocycles. The molecule has 0 saturated heterocycles. The van der Waals surface area contributed by atoms with Gasteiger partial charge in [0, 0.05) is 13.2 Å². The number of ether oxygens (including phenoxy) is 2. The van der Waals surface area contributed by atoms with Gasteiger partial charge in [-0.1, -0.05) is 25.1 Å². The minimum atomic E-state index is 0.598. The van der Waals surface area contributed by atoms with Crippen LogP contribution in [0.2, 0.25) is 0 Å². The second-order valence-corrected chi connectivity index (χ2v) is 4.32. The van der Waals surface area contributed by atoms with Crippen molar-refractivity contribution in [3.63, 3.8) is 0 Å². The molecule has 3 heteroatoms. The Morgan fingerprint density at radius 1 is 1.16 bits per heavy atom. The van der Waals surface area contributed by atoms with Crippen LogP contribution < -0.4 is 10.1 Å². The molecule has 0 fully saturated rings. The molecule has 0 bridgehead atoms. The summed E-state index contributed by atoms with van der Waals surface area (Å²) in [5.74, 6) is 0.898. The van der Waals surface area contributed by atoms with Crippen LogP contribution >= 0.6 is 0 Å². The fourth-order valence-electron chi connectivity index (χ4n) is 1.62. The topological polar surface area (TPSA) is 30.5 Å². The van der Waals surface area contributed by atoms with E-state index in [1.54, 1.807) is 0 Å². The molecular weight excluding hydrogens is 238 g/mol. The molecule has 0 radical (unpaired) electrons. The molecule has 0 aromatic heterocycles. The largest absolute Gasteiger partial charge is 0.491 e. The average Bonchev–Trinajstić information content (AvgIpc) is 2.45. The lowest BCUT2D eigenvalue weighted by Crippen LogP contribution is -2.11. The van der Waals surface area contributed by atoms with E-state index in [1.165, 1.54) is 5.56 Å². The van der Waals surface area contributed by atoms with Crippen LogP contribution in [0.25, 0.3) is 0 Å². The maximum Gasteiger partial charge on any atom is 0.119 e. The Kier molecular flexibility index (Phi) is 8.77. The van der Waals surface area contributed by atoms with Crippen LogP contribution in [0, 0.1) is 0 Å². The van der Waals surface area contributed by atoms with E-state index in [-0.39, 0.29) is 0 Å². The highest BCUT2D eigenvalue weighted by Crippen LogP contribution is 2.11. The molecule has 1 rings (SSSR count). The summed E-state index contributed by atoms with van der Waals surface area (Å²) < 4.78 is 11.1. The van der Waals surface area contributed by atoms with Crippen molar-refractivity contribution < 1.29 is 9.47 Å². The van der Waals surface area contributed by atoms with Gasteiger partial charge in [0.05, 0.1) is 6.61 Å². The lowest BCUT2D eigenvalue weighted by Gasteiger charge is -2.08. The van der Waals surface area contributed by atoms with E-state index in [2.05, 4.69) is 31.0 Å². The summed E-state index contributed by atoms with van der Waals surface area (Å²) in [6.07, 6.45) is 3.95. The maximum atomic E-state index is 5.61. The van der Waals surface area contributed by atoms with Crippen LogP contribution in [-0.2, 0) is 11.3 Å². The van der Waals surface area contributed by atoms with E-state index < -0.39 is 0 Å². The second-order valence-electron chi connectivity index (χ2n) is 4.32. The molecule has 3 nitrogen and oxygen atoms in total. The summed E-state index contributed by atoms with van der Waals surface area (Å²) in [6, 6.07) is 8.18. The molecule has 0 spiro atoms. The van der Waals surface area contributed by atoms with Gasteiger partial charge in [0.2, 0.25) is 0 Å². The molecule has 0 saturated carbocycles. The Balaban J connectivity index is 2.10. The predicted octanol–water partition coefficient (Wildman–Crippen LogP) is 3.16. The number of hydrogen-bond donors (Lipinski definition) is 1. The predicted molar refractivity (Wildman–Crippen MR) is 79.6 cm³/mol. The molecule has 19 heavy (non-hydrogen) atoms. The van der Waals surface area contributed by atoms with Crippen molar-refractivity contribution in [3.05, 3.63) is 42.5 Å². The minimum Gasteiger partial charge on any atom is -0.491 e. The summed E-state index contributed by atoms with van der Waals surface area (Å²) in [7, 11) is 0. The maximum absolute atomic E-state index is 5.61. The molecule has 1 aromatic rings. The number of unbranched alkanes of at least 4 members (excludes halogenated alkanes) is 1. The van der Waals surface area contributed by atoms with Crippen molar-refractivity contribution in [3.8, 4) is 5.75 Å². The molecule has 0 aliphatic carbocycles. The third kappa shape index (κ3) is 7.65. The van der Waals surface area contributed by atoms with Crippen molar-refractivity contribution in [2.45, 2.75) is 26.3 Å². The molecule has 106 valence electrons. The zero-order valence-electron chi connectivity index (χ0n) is 11.9. The third-order valence-electron chi connectivity index (χ3n) is 2.70. The molecule has 0 atom stereocenters. The van der Waals surface area contributed by atoms with Gasteiger partial charge in [0.1, 0.15) is 12.4 Å². The van der Waals surface area contributed by atoms with Crippen LogP contribution in [0.5, 0.6) is 5.75 Å². The highest BCUT2D eigenvalue weighted by atomic mass is 16.5. The van der Waals surface area contributed by atoms with Gasteiger partial charge >= 0.3 is 0 Å². The monoisotopic (exact) mass is 263 g/mol. The molecule has 0 aliphatic heterocycles. The van der Waals surface area contributed by atoms with Crippen molar-refractivity contribution in [1.29, 1.82) is 0 Å². The first-order valence-corrected chi connectivity index (χ1v) is 6.98. The summed E-state index contributed by atoms with van der Waals surface area (Å²) in [6.45, 7) is 9.68. The van der Waals surface area contributed by atoms with Gasteiger partial charge in [-0.2, -0.15) is 0 Å². The van der Waals surface area contributed by atoms with Crippen molar-refractivity contribution >= 4 is 0 Å². The fourth-order valence-corrected chi connectivity index (χ4v) is 1.62. The van der Waals surface area contributed by atoms with Crippen molar-refractivity contribution in [1.82, 2.24) is 5.32 Å². The van der Waals surface area contributed by atoms with Gasteiger partial charge in [-0.3, -0.25) is 0 Å². The van der Waals surface area contributed by atoms with Gasteiger partial charge in [-0.15, -0.1) is 6.58 Å². The Labute approximate surface area is 116 Å². The normalized spacial score (nSPS) is 10.4.